The smallest absolute Gasteiger partial charge is 0.319 e. The lowest BCUT2D eigenvalue weighted by Crippen LogP contribution is -2.43. The largest absolute Gasteiger partial charge is 0.388 e. The number of aliphatic hydroxyl groups is 1. The van der Waals surface area contributed by atoms with E-state index in [-0.39, 0.29) is 12.1 Å². The highest BCUT2D eigenvalue weighted by Crippen LogP contribution is 2.20. The van der Waals surface area contributed by atoms with E-state index in [1.54, 1.807) is 13.8 Å². The first-order valence-electron chi connectivity index (χ1n) is 6.58. The van der Waals surface area contributed by atoms with Gasteiger partial charge in [-0.25, -0.2) is 13.6 Å². The molecule has 0 spiro atoms. The van der Waals surface area contributed by atoms with E-state index < -0.39 is 29.0 Å². The van der Waals surface area contributed by atoms with Gasteiger partial charge in [0.15, 0.2) is 11.6 Å². The number of terminal acetylenes is 1. The zero-order valence-corrected chi connectivity index (χ0v) is 12.0. The molecule has 114 valence electrons. The van der Waals surface area contributed by atoms with Crippen LogP contribution in [0.2, 0.25) is 0 Å². The fourth-order valence-corrected chi connectivity index (χ4v) is 1.68. The highest BCUT2D eigenvalue weighted by molar-refractivity contribution is 5.89. The van der Waals surface area contributed by atoms with Crippen LogP contribution in [0, 0.1) is 24.0 Å². The molecule has 6 heteroatoms. The summed E-state index contributed by atoms with van der Waals surface area (Å²) in [4.78, 5) is 11.6. The van der Waals surface area contributed by atoms with Gasteiger partial charge in [-0.1, -0.05) is 19.8 Å². The third-order valence-corrected chi connectivity index (χ3v) is 3.34. The zero-order chi connectivity index (χ0) is 16.0. The van der Waals surface area contributed by atoms with E-state index in [9.17, 15) is 18.7 Å². The summed E-state index contributed by atoms with van der Waals surface area (Å²) >= 11 is 0. The van der Waals surface area contributed by atoms with Crippen molar-refractivity contribution in [2.24, 2.45) is 0 Å². The van der Waals surface area contributed by atoms with E-state index in [0.29, 0.717) is 12.8 Å². The van der Waals surface area contributed by atoms with Crippen molar-refractivity contribution in [3.63, 3.8) is 0 Å². The molecular weight excluding hydrogens is 278 g/mol. The van der Waals surface area contributed by atoms with Gasteiger partial charge in [-0.05, 0) is 25.0 Å². The third kappa shape index (κ3) is 4.43. The lowest BCUT2D eigenvalue weighted by atomic mass is 9.98. The zero-order valence-electron chi connectivity index (χ0n) is 12.0. The second kappa shape index (κ2) is 7.04. The van der Waals surface area contributed by atoms with Crippen molar-refractivity contribution in [2.75, 3.05) is 11.9 Å². The van der Waals surface area contributed by atoms with Gasteiger partial charge in [0.1, 0.15) is 5.69 Å². The molecule has 1 aromatic carbocycles. The minimum absolute atomic E-state index is 0.0164. The van der Waals surface area contributed by atoms with Gasteiger partial charge in [-0.2, -0.15) is 0 Å². The molecule has 1 aromatic rings. The number of halogens is 2. The van der Waals surface area contributed by atoms with Crippen LogP contribution in [0.1, 0.15) is 32.3 Å². The second-order valence-electron chi connectivity index (χ2n) is 4.70. The van der Waals surface area contributed by atoms with E-state index in [0.717, 1.165) is 12.1 Å². The second-order valence-corrected chi connectivity index (χ2v) is 4.70. The number of hydrogen-bond donors (Lipinski definition) is 3. The predicted octanol–water partition coefficient (Wildman–Crippen LogP) is 2.62. The molecule has 0 unspecified atom stereocenters. The molecule has 0 aliphatic heterocycles. The van der Waals surface area contributed by atoms with Crippen LogP contribution in [0.5, 0.6) is 0 Å². The van der Waals surface area contributed by atoms with Crippen LogP contribution in [0.4, 0.5) is 19.3 Å². The van der Waals surface area contributed by atoms with Crippen molar-refractivity contribution >= 4 is 11.7 Å². The quantitative estimate of drug-likeness (QED) is 0.731. The molecule has 21 heavy (non-hydrogen) atoms. The molecule has 1 rings (SSSR count). The number of rotatable bonds is 5. The number of carbonyl (C=O) groups is 1. The number of benzene rings is 1. The highest BCUT2D eigenvalue weighted by atomic mass is 19.1. The number of amides is 2. The first kappa shape index (κ1) is 16.9. The van der Waals surface area contributed by atoms with Gasteiger partial charge >= 0.3 is 6.03 Å². The lowest BCUT2D eigenvalue weighted by molar-refractivity contribution is 0.0354. The summed E-state index contributed by atoms with van der Waals surface area (Å²) in [6, 6.07) is 1.10. The Labute approximate surface area is 122 Å². The van der Waals surface area contributed by atoms with Gasteiger partial charge in [0.2, 0.25) is 0 Å². The molecule has 0 radical (unpaired) electrons. The summed E-state index contributed by atoms with van der Waals surface area (Å²) < 4.78 is 27.3. The Kier molecular flexibility index (Phi) is 5.68. The summed E-state index contributed by atoms with van der Waals surface area (Å²) in [6.07, 6.45) is 5.95. The fourth-order valence-electron chi connectivity index (χ4n) is 1.68. The van der Waals surface area contributed by atoms with E-state index in [4.69, 9.17) is 6.42 Å². The average Bonchev–Trinajstić information content (AvgIpc) is 2.48. The molecule has 4 nitrogen and oxygen atoms in total. The molecule has 0 fully saturated rings. The van der Waals surface area contributed by atoms with Gasteiger partial charge in [0.25, 0.3) is 0 Å². The van der Waals surface area contributed by atoms with Crippen LogP contribution in [0.3, 0.4) is 0 Å². The summed E-state index contributed by atoms with van der Waals surface area (Å²) in [7, 11) is 0. The Hall–Kier alpha value is -2.13. The average molecular weight is 296 g/mol. The van der Waals surface area contributed by atoms with Crippen LogP contribution >= 0.6 is 0 Å². The minimum atomic E-state index is -1.04. The summed E-state index contributed by atoms with van der Waals surface area (Å²) in [5.41, 5.74) is -1.58. The standard InChI is InChI=1S/C15H18F2N2O2/c1-4-10-7-11(16)13(12(17)8-10)19-14(20)18-9-15(21,5-2)6-3/h1,7-8,21H,5-6,9H2,2-3H3,(H2,18,19,20). The van der Waals surface area contributed by atoms with E-state index in [2.05, 4.69) is 16.6 Å². The topological polar surface area (TPSA) is 61.4 Å². The Morgan fingerprint density at radius 2 is 1.86 bits per heavy atom. The Balaban J connectivity index is 2.75. The highest BCUT2D eigenvalue weighted by Gasteiger charge is 2.23. The fraction of sp³-hybridized carbons (Fsp3) is 0.400. The molecule has 0 atom stereocenters. The van der Waals surface area contributed by atoms with Crippen molar-refractivity contribution in [3.8, 4) is 12.3 Å². The molecule has 0 aliphatic carbocycles. The third-order valence-electron chi connectivity index (χ3n) is 3.34. The van der Waals surface area contributed by atoms with Crippen LogP contribution in [-0.4, -0.2) is 23.3 Å². The van der Waals surface area contributed by atoms with Gasteiger partial charge in [-0.3, -0.25) is 0 Å². The number of hydrogen-bond acceptors (Lipinski definition) is 2. The molecule has 0 heterocycles. The van der Waals surface area contributed by atoms with Crippen molar-refractivity contribution < 1.29 is 18.7 Å². The first-order chi connectivity index (χ1) is 9.85. The van der Waals surface area contributed by atoms with Crippen LogP contribution in [-0.2, 0) is 0 Å². The van der Waals surface area contributed by atoms with E-state index >= 15 is 0 Å². The molecular formula is C15H18F2N2O2. The lowest BCUT2D eigenvalue weighted by Gasteiger charge is -2.25. The number of anilines is 1. The molecule has 3 N–H and O–H groups in total. The van der Waals surface area contributed by atoms with Crippen LogP contribution in [0.15, 0.2) is 12.1 Å². The van der Waals surface area contributed by atoms with Gasteiger partial charge < -0.3 is 15.7 Å². The molecule has 2 amide bonds. The maximum Gasteiger partial charge on any atom is 0.319 e. The van der Waals surface area contributed by atoms with Crippen molar-refractivity contribution in [1.82, 2.24) is 5.32 Å². The normalized spacial score (nSPS) is 10.9. The number of carbonyl (C=O) groups excluding carboxylic acids is 1. The molecule has 0 aliphatic rings. The molecule has 0 bridgehead atoms. The van der Waals surface area contributed by atoms with Crippen molar-refractivity contribution in [1.29, 1.82) is 0 Å². The summed E-state index contributed by atoms with van der Waals surface area (Å²) in [6.45, 7) is 3.54. The summed E-state index contributed by atoms with van der Waals surface area (Å²) in [5, 5.41) is 14.5. The predicted molar refractivity (Wildman–Crippen MR) is 76.8 cm³/mol. The van der Waals surface area contributed by atoms with Crippen LogP contribution in [0.25, 0.3) is 0 Å². The first-order valence-corrected chi connectivity index (χ1v) is 6.58. The van der Waals surface area contributed by atoms with E-state index in [1.165, 1.54) is 0 Å². The molecule has 0 saturated carbocycles. The number of urea groups is 1. The van der Waals surface area contributed by atoms with E-state index in [1.807, 2.05) is 0 Å². The van der Waals surface area contributed by atoms with Gasteiger partial charge in [0, 0.05) is 12.1 Å². The van der Waals surface area contributed by atoms with Crippen molar-refractivity contribution in [2.45, 2.75) is 32.3 Å². The molecule has 0 saturated heterocycles. The van der Waals surface area contributed by atoms with Gasteiger partial charge in [-0.15, -0.1) is 6.42 Å². The Morgan fingerprint density at radius 3 is 2.29 bits per heavy atom. The minimum Gasteiger partial charge on any atom is -0.388 e. The van der Waals surface area contributed by atoms with Crippen molar-refractivity contribution in [3.05, 3.63) is 29.3 Å². The Bertz CT molecular complexity index is 540. The monoisotopic (exact) mass is 296 g/mol. The maximum absolute atomic E-state index is 13.6. The SMILES string of the molecule is C#Cc1cc(F)c(NC(=O)NCC(O)(CC)CC)c(F)c1. The Morgan fingerprint density at radius 1 is 1.33 bits per heavy atom. The maximum atomic E-state index is 13.6. The van der Waals surface area contributed by atoms with Gasteiger partial charge in [0.05, 0.1) is 5.60 Å². The number of nitrogens with one attached hydrogen (secondary N) is 2. The summed E-state index contributed by atoms with van der Waals surface area (Å²) in [5.74, 6) is 0.190. The molecule has 0 aromatic heterocycles. The van der Waals surface area contributed by atoms with Crippen LogP contribution < -0.4 is 10.6 Å².